The zero-order valence-electron chi connectivity index (χ0n) is 12.1. The monoisotopic (exact) mass is 261 g/mol. The fourth-order valence-electron chi connectivity index (χ4n) is 2.39. The van der Waals surface area contributed by atoms with Gasteiger partial charge in [0.25, 0.3) is 5.91 Å². The van der Waals surface area contributed by atoms with Crippen LogP contribution in [0.4, 0.5) is 0 Å². The second kappa shape index (κ2) is 6.17. The Morgan fingerprint density at radius 1 is 1.26 bits per heavy atom. The molecule has 2 rings (SSSR count). The number of likely N-dealkylation sites (N-methyl/N-ethyl adjacent to an activating group) is 2. The van der Waals surface area contributed by atoms with Crippen molar-refractivity contribution in [1.29, 1.82) is 0 Å². The molecule has 1 heterocycles. The van der Waals surface area contributed by atoms with Crippen LogP contribution in [0.2, 0.25) is 0 Å². The molecule has 0 saturated heterocycles. The minimum absolute atomic E-state index is 0.139. The van der Waals surface area contributed by atoms with Crippen molar-refractivity contribution in [3.05, 3.63) is 34.9 Å². The molecule has 0 radical (unpaired) electrons. The van der Waals surface area contributed by atoms with E-state index in [0.717, 1.165) is 38.2 Å². The number of rotatable bonds is 4. The minimum Gasteiger partial charge on any atom is -0.340 e. The summed E-state index contributed by atoms with van der Waals surface area (Å²) in [5, 5.41) is 3.34. The van der Waals surface area contributed by atoms with E-state index in [1.165, 1.54) is 11.1 Å². The fourth-order valence-corrected chi connectivity index (χ4v) is 2.39. The molecule has 0 fully saturated rings. The number of nitrogens with one attached hydrogen (secondary N) is 1. The van der Waals surface area contributed by atoms with E-state index < -0.39 is 0 Å². The quantitative estimate of drug-likeness (QED) is 0.877. The van der Waals surface area contributed by atoms with Crippen LogP contribution >= 0.6 is 0 Å². The van der Waals surface area contributed by atoms with Crippen molar-refractivity contribution in [3.8, 4) is 0 Å². The highest BCUT2D eigenvalue weighted by Crippen LogP contribution is 2.19. The van der Waals surface area contributed by atoms with Crippen LogP contribution in [-0.4, -0.2) is 56.5 Å². The summed E-state index contributed by atoms with van der Waals surface area (Å²) >= 11 is 0. The zero-order valence-corrected chi connectivity index (χ0v) is 12.1. The maximum atomic E-state index is 12.5. The number of nitrogens with zero attached hydrogens (tertiary/aromatic N) is 2. The van der Waals surface area contributed by atoms with Crippen LogP contribution in [0, 0.1) is 0 Å². The topological polar surface area (TPSA) is 35.6 Å². The molecule has 1 aliphatic heterocycles. The molecule has 104 valence electrons. The molecule has 1 N–H and O–H groups in total. The lowest BCUT2D eigenvalue weighted by Crippen LogP contribution is -2.35. The molecule has 0 bridgehead atoms. The molecule has 1 aromatic carbocycles. The third-order valence-electron chi connectivity index (χ3n) is 3.60. The molecule has 4 heteroatoms. The zero-order chi connectivity index (χ0) is 13.8. The van der Waals surface area contributed by atoms with Gasteiger partial charge in [-0.1, -0.05) is 12.1 Å². The van der Waals surface area contributed by atoms with Gasteiger partial charge in [0.15, 0.2) is 0 Å². The highest BCUT2D eigenvalue weighted by molar-refractivity contribution is 5.96. The molecular weight excluding hydrogens is 238 g/mol. The normalized spacial score (nSPS) is 14.3. The second-order valence-electron chi connectivity index (χ2n) is 5.40. The van der Waals surface area contributed by atoms with E-state index in [1.54, 1.807) is 0 Å². The van der Waals surface area contributed by atoms with Crippen molar-refractivity contribution in [2.24, 2.45) is 0 Å². The summed E-state index contributed by atoms with van der Waals surface area (Å²) in [4.78, 5) is 16.4. The van der Waals surface area contributed by atoms with Crippen LogP contribution in [0.25, 0.3) is 0 Å². The molecule has 0 aromatic heterocycles. The first-order chi connectivity index (χ1) is 9.09. The van der Waals surface area contributed by atoms with Gasteiger partial charge in [-0.3, -0.25) is 4.79 Å². The van der Waals surface area contributed by atoms with Crippen molar-refractivity contribution in [2.75, 3.05) is 40.8 Å². The molecule has 0 unspecified atom stereocenters. The first-order valence-corrected chi connectivity index (χ1v) is 6.81. The Labute approximate surface area is 115 Å². The number of carbonyl (C=O) groups is 1. The van der Waals surface area contributed by atoms with Gasteiger partial charge in [-0.05, 0) is 44.3 Å². The lowest BCUT2D eigenvalue weighted by atomic mass is 9.95. The van der Waals surface area contributed by atoms with Crippen LogP contribution in [0.5, 0.6) is 0 Å². The van der Waals surface area contributed by atoms with E-state index in [2.05, 4.69) is 16.3 Å². The Balaban J connectivity index is 2.15. The summed E-state index contributed by atoms with van der Waals surface area (Å²) in [5.74, 6) is 0.139. The molecule has 0 aliphatic carbocycles. The number of benzene rings is 1. The van der Waals surface area contributed by atoms with Gasteiger partial charge in [-0.2, -0.15) is 0 Å². The van der Waals surface area contributed by atoms with Crippen LogP contribution in [0.15, 0.2) is 18.2 Å². The number of carbonyl (C=O) groups excluding carboxylic acids is 1. The predicted molar refractivity (Wildman–Crippen MR) is 77.4 cm³/mol. The first kappa shape index (κ1) is 14.0. The summed E-state index contributed by atoms with van der Waals surface area (Å²) in [5.41, 5.74) is 3.36. The lowest BCUT2D eigenvalue weighted by molar-refractivity contribution is 0.0785. The Kier molecular flexibility index (Phi) is 4.56. The number of hydrogen-bond acceptors (Lipinski definition) is 3. The molecule has 19 heavy (non-hydrogen) atoms. The molecule has 0 saturated carbocycles. The van der Waals surface area contributed by atoms with E-state index in [1.807, 2.05) is 38.2 Å². The second-order valence-corrected chi connectivity index (χ2v) is 5.40. The Hall–Kier alpha value is -1.39. The highest BCUT2D eigenvalue weighted by atomic mass is 16.2. The number of hydrogen-bond donors (Lipinski definition) is 1. The maximum absolute atomic E-state index is 12.5. The predicted octanol–water partition coefficient (Wildman–Crippen LogP) is 0.966. The summed E-state index contributed by atoms with van der Waals surface area (Å²) in [6.45, 7) is 3.48. The number of fused-ring (bicyclic) bond motifs is 1. The molecule has 0 spiro atoms. The third-order valence-corrected chi connectivity index (χ3v) is 3.60. The van der Waals surface area contributed by atoms with Crippen LogP contribution in [0.3, 0.4) is 0 Å². The van der Waals surface area contributed by atoms with Crippen molar-refractivity contribution >= 4 is 5.91 Å². The highest BCUT2D eigenvalue weighted by Gasteiger charge is 2.19. The Bertz CT molecular complexity index is 457. The van der Waals surface area contributed by atoms with Crippen LogP contribution in [-0.2, 0) is 13.0 Å². The molecule has 1 aliphatic rings. The smallest absolute Gasteiger partial charge is 0.253 e. The third kappa shape index (κ3) is 3.33. The van der Waals surface area contributed by atoms with Gasteiger partial charge in [0.2, 0.25) is 0 Å². The molecule has 0 atom stereocenters. The maximum Gasteiger partial charge on any atom is 0.253 e. The molecule has 1 amide bonds. The van der Waals surface area contributed by atoms with Crippen molar-refractivity contribution in [2.45, 2.75) is 13.0 Å². The van der Waals surface area contributed by atoms with Gasteiger partial charge in [0, 0.05) is 32.2 Å². The molecular formula is C15H23N3O. The van der Waals surface area contributed by atoms with Gasteiger partial charge >= 0.3 is 0 Å². The fraction of sp³-hybridized carbons (Fsp3) is 0.533. The van der Waals surface area contributed by atoms with Crippen molar-refractivity contribution in [1.82, 2.24) is 15.1 Å². The minimum atomic E-state index is 0.139. The van der Waals surface area contributed by atoms with E-state index in [4.69, 9.17) is 0 Å². The van der Waals surface area contributed by atoms with Gasteiger partial charge in [0.05, 0.1) is 0 Å². The first-order valence-electron chi connectivity index (χ1n) is 6.81. The van der Waals surface area contributed by atoms with Gasteiger partial charge in [0.1, 0.15) is 0 Å². The SMILES string of the molecule is CN(C)CCN(C)C(=O)c1cccc2c1CCNC2. The van der Waals surface area contributed by atoms with Crippen molar-refractivity contribution in [3.63, 3.8) is 0 Å². The van der Waals surface area contributed by atoms with Gasteiger partial charge in [-0.25, -0.2) is 0 Å². The Morgan fingerprint density at radius 3 is 2.79 bits per heavy atom. The Morgan fingerprint density at radius 2 is 2.05 bits per heavy atom. The summed E-state index contributed by atoms with van der Waals surface area (Å²) in [6, 6.07) is 6.05. The summed E-state index contributed by atoms with van der Waals surface area (Å²) in [6.07, 6.45) is 0.943. The van der Waals surface area contributed by atoms with Gasteiger partial charge < -0.3 is 15.1 Å². The van der Waals surface area contributed by atoms with Crippen LogP contribution in [0.1, 0.15) is 21.5 Å². The molecule has 1 aromatic rings. The summed E-state index contributed by atoms with van der Waals surface area (Å²) in [7, 11) is 5.93. The lowest BCUT2D eigenvalue weighted by Gasteiger charge is -2.24. The molecule has 4 nitrogen and oxygen atoms in total. The number of amides is 1. The van der Waals surface area contributed by atoms with Gasteiger partial charge in [-0.15, -0.1) is 0 Å². The average Bonchev–Trinajstić information content (AvgIpc) is 2.43. The summed E-state index contributed by atoms with van der Waals surface area (Å²) < 4.78 is 0. The van der Waals surface area contributed by atoms with Crippen molar-refractivity contribution < 1.29 is 4.79 Å². The van der Waals surface area contributed by atoms with E-state index in [9.17, 15) is 4.79 Å². The standard InChI is InChI=1S/C15H23N3O/c1-17(2)9-10-18(3)15(19)14-6-4-5-12-11-16-8-7-13(12)14/h4-6,16H,7-11H2,1-3H3. The van der Waals surface area contributed by atoms with E-state index >= 15 is 0 Å². The largest absolute Gasteiger partial charge is 0.340 e. The van der Waals surface area contributed by atoms with Crippen LogP contribution < -0.4 is 5.32 Å². The van der Waals surface area contributed by atoms with E-state index in [0.29, 0.717) is 0 Å². The van der Waals surface area contributed by atoms with E-state index in [-0.39, 0.29) is 5.91 Å². The average molecular weight is 261 g/mol.